The number of alkyl halides is 1. The molecule has 2 N–H and O–H groups in total. The minimum absolute atomic E-state index is 0.0930. The van der Waals surface area contributed by atoms with Crippen molar-refractivity contribution in [2.45, 2.75) is 6.42 Å². The first-order valence-electron chi connectivity index (χ1n) is 7.13. The van der Waals surface area contributed by atoms with E-state index in [1.54, 1.807) is 25.3 Å². The maximum atomic E-state index is 12.1. The van der Waals surface area contributed by atoms with Gasteiger partial charge in [-0.2, -0.15) is 0 Å². The molecular weight excluding hydrogens is 314 g/mol. The second-order valence-electron chi connectivity index (χ2n) is 4.88. The minimum atomic E-state index is -0.283. The molecule has 1 amide bonds. The molecule has 0 fully saturated rings. The minimum Gasteiger partial charge on any atom is -0.508 e. The summed E-state index contributed by atoms with van der Waals surface area (Å²) in [7, 11) is 1.59. The Balaban J connectivity index is 2.09. The fraction of sp³-hybridized carbons (Fsp3) is 0.167. The fourth-order valence-corrected chi connectivity index (χ4v) is 2.30. The molecule has 120 valence electrons. The third-order valence-corrected chi connectivity index (χ3v) is 3.43. The van der Waals surface area contributed by atoms with Gasteiger partial charge in [-0.3, -0.25) is 4.79 Å². The Morgan fingerprint density at radius 2 is 2.13 bits per heavy atom. The highest BCUT2D eigenvalue weighted by atomic mass is 35.5. The zero-order valence-electron chi connectivity index (χ0n) is 12.8. The Kier molecular flexibility index (Phi) is 6.06. The number of phenolic OH excluding ortho intramolecular Hbond substituents is 1. The molecule has 0 aliphatic carbocycles. The van der Waals surface area contributed by atoms with Crippen LogP contribution < -0.4 is 10.1 Å². The van der Waals surface area contributed by atoms with Gasteiger partial charge in [0, 0.05) is 23.7 Å². The smallest absolute Gasteiger partial charge is 0.248 e. The first-order chi connectivity index (χ1) is 11.1. The van der Waals surface area contributed by atoms with Gasteiger partial charge in [-0.05, 0) is 41.8 Å². The lowest BCUT2D eigenvalue weighted by molar-refractivity contribution is -0.111. The highest BCUT2D eigenvalue weighted by molar-refractivity contribution is 6.18. The fourth-order valence-electron chi connectivity index (χ4n) is 2.09. The van der Waals surface area contributed by atoms with Gasteiger partial charge in [-0.25, -0.2) is 0 Å². The van der Waals surface area contributed by atoms with Gasteiger partial charge in [0.1, 0.15) is 11.5 Å². The van der Waals surface area contributed by atoms with Crippen molar-refractivity contribution in [2.24, 2.45) is 0 Å². The van der Waals surface area contributed by atoms with Crippen molar-refractivity contribution < 1.29 is 14.6 Å². The van der Waals surface area contributed by atoms with E-state index in [4.69, 9.17) is 16.3 Å². The normalized spacial score (nSPS) is 10.7. The molecule has 0 radical (unpaired) electrons. The molecule has 2 aromatic rings. The monoisotopic (exact) mass is 331 g/mol. The Morgan fingerprint density at radius 3 is 2.87 bits per heavy atom. The lowest BCUT2D eigenvalue weighted by atomic mass is 10.1. The number of benzene rings is 2. The maximum Gasteiger partial charge on any atom is 0.248 e. The van der Waals surface area contributed by atoms with Gasteiger partial charge in [0.15, 0.2) is 0 Å². The second kappa shape index (κ2) is 8.25. The Labute approximate surface area is 140 Å². The molecule has 2 aromatic carbocycles. The van der Waals surface area contributed by atoms with Crippen LogP contribution >= 0.6 is 11.6 Å². The van der Waals surface area contributed by atoms with Crippen LogP contribution in [0.3, 0.4) is 0 Å². The van der Waals surface area contributed by atoms with E-state index >= 15 is 0 Å². The predicted octanol–water partition coefficient (Wildman–Crippen LogP) is 3.83. The van der Waals surface area contributed by atoms with E-state index in [1.165, 1.54) is 12.1 Å². The molecule has 0 unspecified atom stereocenters. The van der Waals surface area contributed by atoms with Crippen LogP contribution in [0.25, 0.3) is 6.08 Å². The number of aromatic hydroxyl groups is 1. The summed E-state index contributed by atoms with van der Waals surface area (Å²) in [6, 6.07) is 12.2. The summed E-state index contributed by atoms with van der Waals surface area (Å²) in [5.74, 6) is 0.974. The van der Waals surface area contributed by atoms with Crippen LogP contribution in [-0.4, -0.2) is 24.0 Å². The third-order valence-electron chi connectivity index (χ3n) is 3.24. The molecule has 0 aliphatic heterocycles. The SMILES string of the molecule is COc1cccc(C=CC(=O)Nc2cc(O)ccc2CCCl)c1. The van der Waals surface area contributed by atoms with Crippen LogP contribution in [0.1, 0.15) is 11.1 Å². The molecule has 0 saturated carbocycles. The largest absolute Gasteiger partial charge is 0.508 e. The molecule has 4 nitrogen and oxygen atoms in total. The number of hydrogen-bond acceptors (Lipinski definition) is 3. The predicted molar refractivity (Wildman–Crippen MR) is 93.2 cm³/mol. The van der Waals surface area contributed by atoms with E-state index in [-0.39, 0.29) is 11.7 Å². The van der Waals surface area contributed by atoms with Gasteiger partial charge < -0.3 is 15.2 Å². The quantitative estimate of drug-likeness (QED) is 0.624. The Bertz CT molecular complexity index is 713. The molecule has 2 rings (SSSR count). The maximum absolute atomic E-state index is 12.1. The summed E-state index contributed by atoms with van der Waals surface area (Å²) in [6.07, 6.45) is 3.74. The average Bonchev–Trinajstić information content (AvgIpc) is 2.56. The Morgan fingerprint density at radius 1 is 1.30 bits per heavy atom. The van der Waals surface area contributed by atoms with Crippen LogP contribution in [0.2, 0.25) is 0 Å². The number of phenols is 1. The molecule has 0 bridgehead atoms. The molecule has 5 heteroatoms. The molecule has 23 heavy (non-hydrogen) atoms. The summed E-state index contributed by atoms with van der Waals surface area (Å²) in [5.41, 5.74) is 2.29. The highest BCUT2D eigenvalue weighted by Crippen LogP contribution is 2.22. The van der Waals surface area contributed by atoms with Gasteiger partial charge in [0.25, 0.3) is 0 Å². The third kappa shape index (κ3) is 5.04. The molecule has 0 aliphatic rings. The van der Waals surface area contributed by atoms with Crippen molar-refractivity contribution in [3.8, 4) is 11.5 Å². The van der Waals surface area contributed by atoms with E-state index < -0.39 is 0 Å². The highest BCUT2D eigenvalue weighted by Gasteiger charge is 2.06. The van der Waals surface area contributed by atoms with E-state index in [0.717, 1.165) is 16.9 Å². The molecule has 0 aromatic heterocycles. The van der Waals surface area contributed by atoms with Crippen LogP contribution in [0.5, 0.6) is 11.5 Å². The van der Waals surface area contributed by atoms with Gasteiger partial charge in [0.05, 0.1) is 7.11 Å². The van der Waals surface area contributed by atoms with Gasteiger partial charge in [-0.1, -0.05) is 18.2 Å². The molecular formula is C18H18ClNO3. The van der Waals surface area contributed by atoms with Gasteiger partial charge >= 0.3 is 0 Å². The lowest BCUT2D eigenvalue weighted by Crippen LogP contribution is -2.10. The number of ether oxygens (including phenoxy) is 1. The summed E-state index contributed by atoms with van der Waals surface area (Å²) < 4.78 is 5.14. The zero-order chi connectivity index (χ0) is 16.7. The first-order valence-corrected chi connectivity index (χ1v) is 7.67. The first kappa shape index (κ1) is 16.9. The Hall–Kier alpha value is -2.46. The number of carbonyl (C=O) groups excluding carboxylic acids is 1. The summed E-state index contributed by atoms with van der Waals surface area (Å²) in [5, 5.41) is 12.3. The summed E-state index contributed by atoms with van der Waals surface area (Å²) in [4.78, 5) is 12.1. The van der Waals surface area contributed by atoms with Gasteiger partial charge in [0.2, 0.25) is 5.91 Å². The number of methoxy groups -OCH3 is 1. The number of carbonyl (C=O) groups is 1. The molecule has 0 heterocycles. The van der Waals surface area contributed by atoms with Crippen LogP contribution in [-0.2, 0) is 11.2 Å². The number of amides is 1. The molecule has 0 spiro atoms. The summed E-state index contributed by atoms with van der Waals surface area (Å²) in [6.45, 7) is 0. The molecule has 0 atom stereocenters. The van der Waals surface area contributed by atoms with Crippen molar-refractivity contribution in [1.29, 1.82) is 0 Å². The number of rotatable bonds is 6. The second-order valence-corrected chi connectivity index (χ2v) is 5.26. The van der Waals surface area contributed by atoms with Crippen molar-refractivity contribution in [3.63, 3.8) is 0 Å². The molecule has 0 saturated heterocycles. The topological polar surface area (TPSA) is 58.6 Å². The van der Waals surface area contributed by atoms with Crippen LogP contribution in [0.15, 0.2) is 48.5 Å². The van der Waals surface area contributed by atoms with Crippen molar-refractivity contribution in [1.82, 2.24) is 0 Å². The van der Waals surface area contributed by atoms with E-state index in [2.05, 4.69) is 5.32 Å². The van der Waals surface area contributed by atoms with E-state index in [9.17, 15) is 9.90 Å². The standard InChI is InChI=1S/C18H18ClNO3/c1-23-16-4-2-3-13(11-16)5-8-18(22)20-17-12-15(21)7-6-14(17)9-10-19/h2-8,11-12,21H,9-10H2,1H3,(H,20,22). The zero-order valence-corrected chi connectivity index (χ0v) is 13.5. The average molecular weight is 332 g/mol. The number of nitrogens with one attached hydrogen (secondary N) is 1. The van der Waals surface area contributed by atoms with Crippen LogP contribution in [0, 0.1) is 0 Å². The number of anilines is 1. The van der Waals surface area contributed by atoms with Crippen LogP contribution in [0.4, 0.5) is 5.69 Å². The van der Waals surface area contributed by atoms with E-state index in [1.807, 2.05) is 24.3 Å². The van der Waals surface area contributed by atoms with Crippen molar-refractivity contribution in [2.75, 3.05) is 18.3 Å². The number of halogens is 1. The van der Waals surface area contributed by atoms with Crippen molar-refractivity contribution in [3.05, 3.63) is 59.7 Å². The van der Waals surface area contributed by atoms with E-state index in [0.29, 0.717) is 18.0 Å². The number of hydrogen-bond donors (Lipinski definition) is 2. The number of aryl methyl sites for hydroxylation is 1. The van der Waals surface area contributed by atoms with Crippen molar-refractivity contribution >= 4 is 29.3 Å². The lowest BCUT2D eigenvalue weighted by Gasteiger charge is -2.09. The summed E-state index contributed by atoms with van der Waals surface area (Å²) >= 11 is 5.75. The van der Waals surface area contributed by atoms with Gasteiger partial charge in [-0.15, -0.1) is 11.6 Å².